The third-order valence-electron chi connectivity index (χ3n) is 2.89. The number of rotatable bonds is 6. The Labute approximate surface area is 107 Å². The summed E-state index contributed by atoms with van der Waals surface area (Å²) in [5.74, 6) is 0.0630. The Balaban J connectivity index is 2.91. The molecule has 1 amide bonds. The minimum absolute atomic E-state index is 0.0648. The predicted molar refractivity (Wildman–Crippen MR) is 68.9 cm³/mol. The number of aliphatic hydroxyl groups excluding tert-OH is 1. The Morgan fingerprint density at radius 2 is 2.06 bits per heavy atom. The number of anilines is 1. The van der Waals surface area contributed by atoms with Crippen molar-refractivity contribution in [2.75, 3.05) is 18.9 Å². The molecule has 0 saturated carbocycles. The van der Waals surface area contributed by atoms with E-state index in [1.807, 2.05) is 13.8 Å². The average Bonchev–Trinajstić information content (AvgIpc) is 2.39. The molecule has 1 rings (SSSR count). The quantitative estimate of drug-likeness (QED) is 0.776. The fraction of sp³-hybridized carbons (Fsp3) is 0.583. The van der Waals surface area contributed by atoms with Crippen LogP contribution in [0.4, 0.5) is 5.82 Å². The van der Waals surface area contributed by atoms with Crippen molar-refractivity contribution >= 4 is 11.7 Å². The molecular weight excluding hydrogens is 232 g/mol. The second kappa shape index (κ2) is 6.90. The molecule has 0 spiro atoms. The van der Waals surface area contributed by atoms with Crippen LogP contribution in [0.1, 0.15) is 37.2 Å². The number of nitrogen functional groups attached to an aromatic ring is 1. The molecule has 1 heterocycles. The van der Waals surface area contributed by atoms with Crippen LogP contribution >= 0.6 is 0 Å². The van der Waals surface area contributed by atoms with Crippen LogP contribution in [0, 0.1) is 0 Å². The summed E-state index contributed by atoms with van der Waals surface area (Å²) in [4.78, 5) is 13.9. The van der Waals surface area contributed by atoms with Gasteiger partial charge >= 0.3 is 0 Å². The summed E-state index contributed by atoms with van der Waals surface area (Å²) in [6.45, 7) is 4.27. The van der Waals surface area contributed by atoms with Crippen LogP contribution < -0.4 is 5.73 Å². The van der Waals surface area contributed by atoms with Gasteiger partial charge in [0.25, 0.3) is 5.91 Å². The lowest BCUT2D eigenvalue weighted by Gasteiger charge is -2.29. The van der Waals surface area contributed by atoms with Crippen LogP contribution in [0.5, 0.6) is 0 Å². The van der Waals surface area contributed by atoms with Gasteiger partial charge in [0.1, 0.15) is 5.82 Å². The molecule has 100 valence electrons. The maximum Gasteiger partial charge on any atom is 0.274 e. The largest absolute Gasteiger partial charge is 0.395 e. The Hall–Kier alpha value is -1.69. The Bertz CT molecular complexity index is 376. The van der Waals surface area contributed by atoms with Gasteiger partial charge in [0, 0.05) is 12.6 Å². The molecule has 0 fully saturated rings. The smallest absolute Gasteiger partial charge is 0.274 e. The van der Waals surface area contributed by atoms with Crippen LogP contribution in [0.3, 0.4) is 0 Å². The van der Waals surface area contributed by atoms with Crippen molar-refractivity contribution in [3.8, 4) is 0 Å². The van der Waals surface area contributed by atoms with Gasteiger partial charge < -0.3 is 15.7 Å². The molecule has 1 aromatic rings. The van der Waals surface area contributed by atoms with Gasteiger partial charge in [0.05, 0.1) is 6.61 Å². The van der Waals surface area contributed by atoms with Gasteiger partial charge in [0.2, 0.25) is 0 Å². The highest BCUT2D eigenvalue weighted by molar-refractivity contribution is 5.92. The first-order valence-electron chi connectivity index (χ1n) is 6.15. The lowest BCUT2D eigenvalue weighted by atomic mass is 10.1. The van der Waals surface area contributed by atoms with Crippen LogP contribution in [0.25, 0.3) is 0 Å². The van der Waals surface area contributed by atoms with Crippen molar-refractivity contribution in [3.05, 3.63) is 17.8 Å². The molecule has 0 atom stereocenters. The topological polar surface area (TPSA) is 92.3 Å². The van der Waals surface area contributed by atoms with Gasteiger partial charge in [-0.1, -0.05) is 13.8 Å². The molecule has 18 heavy (non-hydrogen) atoms. The summed E-state index contributed by atoms with van der Waals surface area (Å²) in [5, 5.41) is 16.5. The average molecular weight is 252 g/mol. The number of amides is 1. The highest BCUT2D eigenvalue weighted by Gasteiger charge is 2.23. The Morgan fingerprint density at radius 3 is 2.50 bits per heavy atom. The molecule has 3 N–H and O–H groups in total. The van der Waals surface area contributed by atoms with Gasteiger partial charge in [-0.3, -0.25) is 4.79 Å². The lowest BCUT2D eigenvalue weighted by Crippen LogP contribution is -2.42. The van der Waals surface area contributed by atoms with Crippen molar-refractivity contribution in [2.45, 2.75) is 32.7 Å². The number of nitrogens with two attached hydrogens (primary N) is 1. The number of aliphatic hydroxyl groups is 1. The number of carbonyl (C=O) groups excluding carboxylic acids is 1. The first-order chi connectivity index (χ1) is 8.63. The second-order valence-corrected chi connectivity index (χ2v) is 4.04. The number of nitrogens with zero attached hydrogens (tertiary/aromatic N) is 3. The highest BCUT2D eigenvalue weighted by atomic mass is 16.3. The monoisotopic (exact) mass is 252 g/mol. The van der Waals surface area contributed by atoms with E-state index in [1.54, 1.807) is 17.0 Å². The molecule has 0 aliphatic carbocycles. The summed E-state index contributed by atoms with van der Waals surface area (Å²) in [7, 11) is 0. The first kappa shape index (κ1) is 14.4. The van der Waals surface area contributed by atoms with E-state index in [0.29, 0.717) is 6.54 Å². The van der Waals surface area contributed by atoms with E-state index in [-0.39, 0.29) is 30.1 Å². The molecule has 1 aromatic heterocycles. The summed E-state index contributed by atoms with van der Waals surface area (Å²) < 4.78 is 0. The van der Waals surface area contributed by atoms with Gasteiger partial charge in [-0.25, -0.2) is 0 Å². The van der Waals surface area contributed by atoms with Crippen molar-refractivity contribution in [1.82, 2.24) is 15.1 Å². The third-order valence-corrected chi connectivity index (χ3v) is 2.89. The maximum absolute atomic E-state index is 12.3. The van der Waals surface area contributed by atoms with Gasteiger partial charge in [0.15, 0.2) is 5.69 Å². The first-order valence-corrected chi connectivity index (χ1v) is 6.15. The molecule has 0 radical (unpaired) electrons. The lowest BCUT2D eigenvalue weighted by molar-refractivity contribution is 0.0615. The van der Waals surface area contributed by atoms with Gasteiger partial charge in [-0.15, -0.1) is 10.2 Å². The predicted octanol–water partition coefficient (Wildman–Crippen LogP) is 0.682. The molecule has 6 heteroatoms. The summed E-state index contributed by atoms with van der Waals surface area (Å²) >= 11 is 0. The van der Waals surface area contributed by atoms with E-state index >= 15 is 0 Å². The van der Waals surface area contributed by atoms with Gasteiger partial charge in [-0.2, -0.15) is 0 Å². The van der Waals surface area contributed by atoms with E-state index in [0.717, 1.165) is 12.8 Å². The zero-order chi connectivity index (χ0) is 13.5. The van der Waals surface area contributed by atoms with E-state index in [1.165, 1.54) is 0 Å². The van der Waals surface area contributed by atoms with E-state index in [9.17, 15) is 4.79 Å². The molecule has 0 unspecified atom stereocenters. The molecular formula is C12H20N4O2. The minimum Gasteiger partial charge on any atom is -0.395 e. The molecule has 0 aliphatic heterocycles. The van der Waals surface area contributed by atoms with E-state index < -0.39 is 0 Å². The summed E-state index contributed by atoms with van der Waals surface area (Å²) in [6, 6.07) is 3.20. The zero-order valence-electron chi connectivity index (χ0n) is 10.8. The normalized spacial score (nSPS) is 10.7. The molecule has 0 aliphatic rings. The molecule has 0 aromatic carbocycles. The Morgan fingerprint density at radius 1 is 1.39 bits per heavy atom. The SMILES string of the molecule is CCC(CC)N(CCO)C(=O)c1ccc(N)nn1. The van der Waals surface area contributed by atoms with Crippen molar-refractivity contribution in [3.63, 3.8) is 0 Å². The minimum atomic E-state index is -0.217. The molecule has 0 saturated heterocycles. The van der Waals surface area contributed by atoms with Crippen LogP contribution in [0.2, 0.25) is 0 Å². The summed E-state index contributed by atoms with van der Waals surface area (Å²) in [5.41, 5.74) is 5.69. The van der Waals surface area contributed by atoms with Crippen LogP contribution in [0.15, 0.2) is 12.1 Å². The van der Waals surface area contributed by atoms with E-state index in [2.05, 4.69) is 10.2 Å². The standard InChI is InChI=1S/C12H20N4O2/c1-3-9(4-2)16(7-8-17)12(18)10-5-6-11(13)15-14-10/h5-6,9,17H,3-4,7-8H2,1-2H3,(H2,13,15). The molecule has 0 bridgehead atoms. The number of carbonyl (C=O) groups is 1. The number of hydrogen-bond donors (Lipinski definition) is 2. The van der Waals surface area contributed by atoms with Crippen molar-refractivity contribution < 1.29 is 9.90 Å². The van der Waals surface area contributed by atoms with Gasteiger partial charge in [-0.05, 0) is 25.0 Å². The van der Waals surface area contributed by atoms with E-state index in [4.69, 9.17) is 10.8 Å². The van der Waals surface area contributed by atoms with Crippen LogP contribution in [-0.4, -0.2) is 45.3 Å². The van der Waals surface area contributed by atoms with Crippen LogP contribution in [-0.2, 0) is 0 Å². The highest BCUT2D eigenvalue weighted by Crippen LogP contribution is 2.12. The zero-order valence-corrected chi connectivity index (χ0v) is 10.8. The fourth-order valence-electron chi connectivity index (χ4n) is 1.89. The van der Waals surface area contributed by atoms with Crippen molar-refractivity contribution in [1.29, 1.82) is 0 Å². The summed E-state index contributed by atoms with van der Waals surface area (Å²) in [6.07, 6.45) is 1.68. The maximum atomic E-state index is 12.3. The second-order valence-electron chi connectivity index (χ2n) is 4.04. The number of aromatic nitrogens is 2. The number of hydrogen-bond acceptors (Lipinski definition) is 5. The molecule has 6 nitrogen and oxygen atoms in total. The third kappa shape index (κ3) is 3.40. The Kier molecular flexibility index (Phi) is 5.51. The fourth-order valence-corrected chi connectivity index (χ4v) is 1.89. The van der Waals surface area contributed by atoms with Crippen molar-refractivity contribution in [2.24, 2.45) is 0 Å².